The molecule has 1 aliphatic heterocycles. The van der Waals surface area contributed by atoms with Gasteiger partial charge in [0.25, 0.3) is 0 Å². The highest BCUT2D eigenvalue weighted by Crippen LogP contribution is 2.37. The summed E-state index contributed by atoms with van der Waals surface area (Å²) in [6.07, 6.45) is 0.336. The molecular weight excluding hydrogens is 410 g/mol. The van der Waals surface area contributed by atoms with E-state index in [1.165, 1.54) is 0 Å². The largest absolute Gasteiger partial charge is 0.494 e. The van der Waals surface area contributed by atoms with E-state index >= 15 is 0 Å². The number of carbonyl (C=O) groups excluding carboxylic acids is 1. The Kier molecular flexibility index (Phi) is 6.30. The fourth-order valence-corrected chi connectivity index (χ4v) is 3.95. The number of hydrogen-bond acceptors (Lipinski definition) is 7. The minimum Gasteiger partial charge on any atom is -0.494 e. The van der Waals surface area contributed by atoms with Crippen molar-refractivity contribution in [1.29, 1.82) is 0 Å². The number of methoxy groups -OCH3 is 2. The summed E-state index contributed by atoms with van der Waals surface area (Å²) in [4.78, 5) is 19.2. The molecule has 8 heteroatoms. The zero-order chi connectivity index (χ0) is 22.7. The molecule has 0 bridgehead atoms. The molecule has 1 fully saturated rings. The van der Waals surface area contributed by atoms with Crippen LogP contribution in [0, 0.1) is 0 Å². The van der Waals surface area contributed by atoms with Crippen LogP contribution in [0.4, 0.5) is 0 Å². The number of benzene rings is 2. The molecule has 4 rings (SSSR count). The molecule has 0 N–H and O–H groups in total. The van der Waals surface area contributed by atoms with E-state index in [1.807, 2.05) is 61.2 Å². The van der Waals surface area contributed by atoms with Crippen molar-refractivity contribution in [2.24, 2.45) is 0 Å². The molecule has 2 aromatic carbocycles. The van der Waals surface area contributed by atoms with E-state index in [0.717, 1.165) is 16.9 Å². The number of rotatable bonds is 8. The highest BCUT2D eigenvalue weighted by molar-refractivity contribution is 5.80. The first-order valence-corrected chi connectivity index (χ1v) is 10.6. The SMILES string of the molecule is CCOc1ccc(-c2noc(C3CC(=O)N(C(C)c4ccc(OC)c(OC)c4)C3)n2)cc1. The lowest BCUT2D eigenvalue weighted by Gasteiger charge is -2.25. The van der Waals surface area contributed by atoms with E-state index in [0.29, 0.717) is 42.8 Å². The van der Waals surface area contributed by atoms with Gasteiger partial charge in [-0.1, -0.05) is 11.2 Å². The van der Waals surface area contributed by atoms with E-state index in [4.69, 9.17) is 18.7 Å². The monoisotopic (exact) mass is 437 g/mol. The van der Waals surface area contributed by atoms with Gasteiger partial charge in [-0.2, -0.15) is 4.98 Å². The van der Waals surface area contributed by atoms with Gasteiger partial charge in [0.05, 0.1) is 32.8 Å². The molecule has 1 amide bonds. The predicted octanol–water partition coefficient (Wildman–Crippen LogP) is 4.23. The third-order valence-corrected chi connectivity index (χ3v) is 5.73. The first-order valence-electron chi connectivity index (χ1n) is 10.6. The zero-order valence-electron chi connectivity index (χ0n) is 18.7. The normalized spacial score (nSPS) is 16.8. The predicted molar refractivity (Wildman–Crippen MR) is 118 cm³/mol. The van der Waals surface area contributed by atoms with E-state index in [9.17, 15) is 4.79 Å². The van der Waals surface area contributed by atoms with Crippen LogP contribution in [0.2, 0.25) is 0 Å². The van der Waals surface area contributed by atoms with Gasteiger partial charge in [0, 0.05) is 18.5 Å². The number of amides is 1. The van der Waals surface area contributed by atoms with Gasteiger partial charge in [0.15, 0.2) is 11.5 Å². The fraction of sp³-hybridized carbons (Fsp3) is 0.375. The molecule has 2 unspecified atom stereocenters. The number of likely N-dealkylation sites (tertiary alicyclic amines) is 1. The quantitative estimate of drug-likeness (QED) is 0.521. The van der Waals surface area contributed by atoms with Gasteiger partial charge in [0.2, 0.25) is 17.6 Å². The second-order valence-corrected chi connectivity index (χ2v) is 7.65. The minimum atomic E-state index is -0.144. The first kappa shape index (κ1) is 21.7. The van der Waals surface area contributed by atoms with Crippen LogP contribution < -0.4 is 14.2 Å². The van der Waals surface area contributed by atoms with E-state index in [2.05, 4.69) is 10.1 Å². The first-order chi connectivity index (χ1) is 15.5. The van der Waals surface area contributed by atoms with Crippen LogP contribution in [0.3, 0.4) is 0 Å². The summed E-state index contributed by atoms with van der Waals surface area (Å²) in [6, 6.07) is 13.1. The van der Waals surface area contributed by atoms with Gasteiger partial charge in [-0.05, 0) is 55.8 Å². The van der Waals surface area contributed by atoms with Crippen molar-refractivity contribution in [1.82, 2.24) is 15.0 Å². The van der Waals surface area contributed by atoms with Crippen LogP contribution >= 0.6 is 0 Å². The molecule has 3 aromatic rings. The highest BCUT2D eigenvalue weighted by atomic mass is 16.5. The summed E-state index contributed by atoms with van der Waals surface area (Å²) in [5.74, 6) is 2.97. The smallest absolute Gasteiger partial charge is 0.232 e. The van der Waals surface area contributed by atoms with Gasteiger partial charge in [-0.15, -0.1) is 0 Å². The number of aromatic nitrogens is 2. The molecule has 2 atom stereocenters. The lowest BCUT2D eigenvalue weighted by Crippen LogP contribution is -2.28. The Hall–Kier alpha value is -3.55. The van der Waals surface area contributed by atoms with Gasteiger partial charge in [-0.3, -0.25) is 4.79 Å². The lowest BCUT2D eigenvalue weighted by atomic mass is 10.1. The van der Waals surface area contributed by atoms with Crippen LogP contribution in [0.5, 0.6) is 17.2 Å². The lowest BCUT2D eigenvalue weighted by molar-refractivity contribution is -0.129. The molecule has 0 aliphatic carbocycles. The van der Waals surface area contributed by atoms with Crippen molar-refractivity contribution in [2.45, 2.75) is 32.2 Å². The van der Waals surface area contributed by atoms with Crippen LogP contribution in [0.15, 0.2) is 47.0 Å². The van der Waals surface area contributed by atoms with Crippen molar-refractivity contribution in [3.63, 3.8) is 0 Å². The van der Waals surface area contributed by atoms with Gasteiger partial charge in [0.1, 0.15) is 5.75 Å². The Balaban J connectivity index is 1.48. The van der Waals surface area contributed by atoms with E-state index in [-0.39, 0.29) is 17.9 Å². The van der Waals surface area contributed by atoms with Crippen LogP contribution in [0.25, 0.3) is 11.4 Å². The summed E-state index contributed by atoms with van der Waals surface area (Å²) in [5.41, 5.74) is 1.81. The molecule has 8 nitrogen and oxygen atoms in total. The number of carbonyl (C=O) groups is 1. The summed E-state index contributed by atoms with van der Waals surface area (Å²) >= 11 is 0. The van der Waals surface area contributed by atoms with Crippen molar-refractivity contribution < 1.29 is 23.5 Å². The van der Waals surface area contributed by atoms with Crippen molar-refractivity contribution in [2.75, 3.05) is 27.4 Å². The maximum Gasteiger partial charge on any atom is 0.232 e. The Morgan fingerprint density at radius 2 is 1.88 bits per heavy atom. The van der Waals surface area contributed by atoms with Crippen molar-refractivity contribution in [3.05, 3.63) is 53.9 Å². The Morgan fingerprint density at radius 3 is 2.56 bits per heavy atom. The maximum atomic E-state index is 12.8. The summed E-state index contributed by atoms with van der Waals surface area (Å²) < 4.78 is 21.7. The second kappa shape index (κ2) is 9.30. The van der Waals surface area contributed by atoms with Crippen molar-refractivity contribution >= 4 is 5.91 Å². The van der Waals surface area contributed by atoms with Crippen LogP contribution in [-0.2, 0) is 4.79 Å². The Labute approximate surface area is 187 Å². The second-order valence-electron chi connectivity index (χ2n) is 7.65. The molecule has 1 aromatic heterocycles. The minimum absolute atomic E-state index is 0.0538. The van der Waals surface area contributed by atoms with Crippen LogP contribution in [-0.4, -0.2) is 48.3 Å². The molecule has 32 heavy (non-hydrogen) atoms. The molecule has 1 aliphatic rings. The van der Waals surface area contributed by atoms with Gasteiger partial charge in [-0.25, -0.2) is 0 Å². The third kappa shape index (κ3) is 4.26. The van der Waals surface area contributed by atoms with Gasteiger partial charge >= 0.3 is 0 Å². The molecular formula is C24H27N3O5. The fourth-order valence-electron chi connectivity index (χ4n) is 3.95. The standard InChI is InChI=1S/C24H27N3O5/c1-5-31-19-9-6-16(7-10-19)23-25-24(32-26-23)18-13-22(28)27(14-18)15(2)17-8-11-20(29-3)21(12-17)30-4/h6-12,15,18H,5,13-14H2,1-4H3. The van der Waals surface area contributed by atoms with Crippen molar-refractivity contribution in [3.8, 4) is 28.6 Å². The maximum absolute atomic E-state index is 12.8. The molecule has 1 saturated heterocycles. The zero-order valence-corrected chi connectivity index (χ0v) is 18.7. The molecule has 2 heterocycles. The average Bonchev–Trinajstić information content (AvgIpc) is 3.46. The van der Waals surface area contributed by atoms with Crippen LogP contribution in [0.1, 0.15) is 43.7 Å². The molecule has 0 spiro atoms. The number of hydrogen-bond donors (Lipinski definition) is 0. The van der Waals surface area contributed by atoms with E-state index in [1.54, 1.807) is 14.2 Å². The average molecular weight is 437 g/mol. The molecule has 168 valence electrons. The summed E-state index contributed by atoms with van der Waals surface area (Å²) in [7, 11) is 3.20. The third-order valence-electron chi connectivity index (χ3n) is 5.73. The topological polar surface area (TPSA) is 86.9 Å². The summed E-state index contributed by atoms with van der Waals surface area (Å²) in [6.45, 7) is 5.07. The highest BCUT2D eigenvalue weighted by Gasteiger charge is 2.37. The van der Waals surface area contributed by atoms with Gasteiger partial charge < -0.3 is 23.6 Å². The molecule has 0 saturated carbocycles. The van der Waals surface area contributed by atoms with E-state index < -0.39 is 0 Å². The Morgan fingerprint density at radius 1 is 1.12 bits per heavy atom. The number of ether oxygens (including phenoxy) is 3. The molecule has 0 radical (unpaired) electrons. The summed E-state index contributed by atoms with van der Waals surface area (Å²) in [5, 5.41) is 4.11. The number of nitrogens with zero attached hydrogens (tertiary/aromatic N) is 3. The Bertz CT molecular complexity index is 1080.